The Bertz CT molecular complexity index is 694. The molecule has 0 aliphatic carbocycles. The van der Waals surface area contributed by atoms with Crippen LogP contribution < -0.4 is 14.8 Å². The van der Waals surface area contributed by atoms with Crippen molar-refractivity contribution in [3.05, 3.63) is 40.3 Å². The molecular formula is C15H13NO3S2. The van der Waals surface area contributed by atoms with E-state index in [9.17, 15) is 4.79 Å². The molecule has 3 rings (SSSR count). The van der Waals surface area contributed by atoms with Gasteiger partial charge in [0.1, 0.15) is 10.4 Å². The van der Waals surface area contributed by atoms with E-state index in [-0.39, 0.29) is 12.0 Å². The van der Waals surface area contributed by atoms with E-state index in [0.717, 1.165) is 16.9 Å². The summed E-state index contributed by atoms with van der Waals surface area (Å²) in [4.78, 5) is 12.3. The molecule has 108 valence electrons. The maximum atomic E-state index is 11.7. The number of fused-ring (bicyclic) bond motifs is 1. The quantitative estimate of drug-likeness (QED) is 0.671. The first-order chi connectivity index (χ1) is 10.1. The van der Waals surface area contributed by atoms with Gasteiger partial charge in [-0.2, -0.15) is 0 Å². The molecule has 1 atom stereocenters. The molecule has 2 heterocycles. The Hall–Kier alpha value is -1.79. The van der Waals surface area contributed by atoms with Gasteiger partial charge in [0.2, 0.25) is 0 Å². The average molecular weight is 319 g/mol. The van der Waals surface area contributed by atoms with E-state index in [0.29, 0.717) is 15.0 Å². The number of hydrogen-bond acceptors (Lipinski definition) is 5. The number of carbonyl (C=O) groups is 1. The highest BCUT2D eigenvalue weighted by molar-refractivity contribution is 8.26. The number of amides is 1. The molecule has 1 aromatic rings. The Balaban J connectivity index is 2.00. The fourth-order valence-corrected chi connectivity index (χ4v) is 3.25. The highest BCUT2D eigenvalue weighted by Crippen LogP contribution is 2.38. The van der Waals surface area contributed by atoms with Gasteiger partial charge in [-0.3, -0.25) is 4.79 Å². The lowest BCUT2D eigenvalue weighted by Gasteiger charge is -2.24. The van der Waals surface area contributed by atoms with Crippen LogP contribution in [0.2, 0.25) is 0 Å². The smallest absolute Gasteiger partial charge is 0.263 e. The minimum absolute atomic E-state index is 0.158. The summed E-state index contributed by atoms with van der Waals surface area (Å²) < 4.78 is 11.7. The lowest BCUT2D eigenvalue weighted by molar-refractivity contribution is -0.115. The average Bonchev–Trinajstić information content (AvgIpc) is 2.77. The molecular weight excluding hydrogens is 306 g/mol. The van der Waals surface area contributed by atoms with E-state index in [4.69, 9.17) is 21.7 Å². The van der Waals surface area contributed by atoms with Crippen LogP contribution in [0.25, 0.3) is 6.08 Å². The van der Waals surface area contributed by atoms with Crippen molar-refractivity contribution in [3.63, 3.8) is 0 Å². The number of benzene rings is 1. The fraction of sp³-hybridized carbons (Fsp3) is 0.200. The second-order valence-electron chi connectivity index (χ2n) is 4.64. The lowest BCUT2D eigenvalue weighted by atomic mass is 10.0. The van der Waals surface area contributed by atoms with E-state index in [1.165, 1.54) is 11.8 Å². The van der Waals surface area contributed by atoms with Crippen LogP contribution >= 0.6 is 24.0 Å². The van der Waals surface area contributed by atoms with E-state index >= 15 is 0 Å². The minimum Gasteiger partial charge on any atom is -0.493 e. The van der Waals surface area contributed by atoms with Crippen molar-refractivity contribution in [2.45, 2.75) is 13.0 Å². The first kappa shape index (κ1) is 14.2. The third kappa shape index (κ3) is 2.69. The third-order valence-corrected chi connectivity index (χ3v) is 4.42. The van der Waals surface area contributed by atoms with Crippen molar-refractivity contribution in [2.75, 3.05) is 7.11 Å². The minimum atomic E-state index is -0.163. The summed E-state index contributed by atoms with van der Waals surface area (Å²) in [5.41, 5.74) is 1.86. The number of thioether (sulfide) groups is 1. The van der Waals surface area contributed by atoms with Crippen LogP contribution in [-0.4, -0.2) is 23.4 Å². The van der Waals surface area contributed by atoms with Gasteiger partial charge in [-0.05, 0) is 30.7 Å². The SMILES string of the molecule is COc1cccc2c1OC(C)C(C=C1SC(=S)NC1=O)=C2. The van der Waals surface area contributed by atoms with Gasteiger partial charge in [0, 0.05) is 5.56 Å². The fourth-order valence-electron chi connectivity index (χ4n) is 2.21. The Kier molecular flexibility index (Phi) is 3.73. The van der Waals surface area contributed by atoms with Crippen LogP contribution in [0.15, 0.2) is 34.8 Å². The van der Waals surface area contributed by atoms with Gasteiger partial charge >= 0.3 is 0 Å². The first-order valence-electron chi connectivity index (χ1n) is 6.38. The maximum Gasteiger partial charge on any atom is 0.263 e. The molecule has 21 heavy (non-hydrogen) atoms. The van der Waals surface area contributed by atoms with Gasteiger partial charge in [-0.1, -0.05) is 36.1 Å². The zero-order valence-corrected chi connectivity index (χ0v) is 13.1. The summed E-state index contributed by atoms with van der Waals surface area (Å²) in [5.74, 6) is 1.28. The van der Waals surface area contributed by atoms with Gasteiger partial charge in [0.25, 0.3) is 5.91 Å². The van der Waals surface area contributed by atoms with Crippen molar-refractivity contribution in [1.29, 1.82) is 0 Å². The highest BCUT2D eigenvalue weighted by atomic mass is 32.2. The summed E-state index contributed by atoms with van der Waals surface area (Å²) in [6.45, 7) is 1.94. The summed E-state index contributed by atoms with van der Waals surface area (Å²) in [7, 11) is 1.62. The van der Waals surface area contributed by atoms with Crippen molar-refractivity contribution in [1.82, 2.24) is 5.32 Å². The van der Waals surface area contributed by atoms with Gasteiger partial charge < -0.3 is 14.8 Å². The largest absolute Gasteiger partial charge is 0.493 e. The number of carbonyl (C=O) groups excluding carboxylic acids is 1. The molecule has 0 radical (unpaired) electrons. The molecule has 0 saturated carbocycles. The van der Waals surface area contributed by atoms with Crippen LogP contribution in [0.4, 0.5) is 0 Å². The molecule has 1 N–H and O–H groups in total. The van der Waals surface area contributed by atoms with E-state index in [1.54, 1.807) is 7.11 Å². The number of ether oxygens (including phenoxy) is 2. The van der Waals surface area contributed by atoms with Crippen molar-refractivity contribution < 1.29 is 14.3 Å². The monoisotopic (exact) mass is 319 g/mol. The van der Waals surface area contributed by atoms with Crippen LogP contribution in [0.3, 0.4) is 0 Å². The first-order valence-corrected chi connectivity index (χ1v) is 7.61. The highest BCUT2D eigenvalue weighted by Gasteiger charge is 2.26. The number of hydrogen-bond donors (Lipinski definition) is 1. The van der Waals surface area contributed by atoms with Crippen LogP contribution in [0.5, 0.6) is 11.5 Å². The molecule has 4 nitrogen and oxygen atoms in total. The van der Waals surface area contributed by atoms with Gasteiger partial charge in [0.15, 0.2) is 11.5 Å². The summed E-state index contributed by atoms with van der Waals surface area (Å²) in [5, 5.41) is 2.61. The van der Waals surface area contributed by atoms with Gasteiger partial charge in [0.05, 0.1) is 12.0 Å². The topological polar surface area (TPSA) is 47.6 Å². The lowest BCUT2D eigenvalue weighted by Crippen LogP contribution is -2.20. The van der Waals surface area contributed by atoms with Crippen molar-refractivity contribution >= 4 is 40.3 Å². The van der Waals surface area contributed by atoms with Gasteiger partial charge in [-0.25, -0.2) is 0 Å². The Labute approximate surface area is 132 Å². The molecule has 0 spiro atoms. The molecule has 0 aromatic heterocycles. The van der Waals surface area contributed by atoms with E-state index in [2.05, 4.69) is 5.32 Å². The number of para-hydroxylation sites is 1. The number of rotatable bonds is 2. The van der Waals surface area contributed by atoms with Crippen LogP contribution in [0, 0.1) is 0 Å². The molecule has 1 saturated heterocycles. The number of methoxy groups -OCH3 is 1. The van der Waals surface area contributed by atoms with E-state index < -0.39 is 0 Å². The standard InChI is InChI=1S/C15H13NO3S2/c1-8-10(7-12-14(17)16-15(20)21-12)6-9-4-3-5-11(18-2)13(9)19-8/h3-8H,1-2H3,(H,16,17,20). The Morgan fingerprint density at radius 3 is 2.95 bits per heavy atom. The predicted octanol–water partition coefficient (Wildman–Crippen LogP) is 2.89. The molecule has 6 heteroatoms. The Morgan fingerprint density at radius 1 is 1.48 bits per heavy atom. The van der Waals surface area contributed by atoms with Crippen molar-refractivity contribution in [3.8, 4) is 11.5 Å². The molecule has 2 aliphatic rings. The molecule has 1 amide bonds. The zero-order chi connectivity index (χ0) is 15.0. The molecule has 2 aliphatic heterocycles. The predicted molar refractivity (Wildman–Crippen MR) is 87.5 cm³/mol. The number of thiocarbonyl (C=S) groups is 1. The second-order valence-corrected chi connectivity index (χ2v) is 6.35. The molecule has 1 aromatic carbocycles. The van der Waals surface area contributed by atoms with Crippen LogP contribution in [-0.2, 0) is 4.79 Å². The summed E-state index contributed by atoms with van der Waals surface area (Å²) in [6, 6.07) is 5.72. The van der Waals surface area contributed by atoms with E-state index in [1.807, 2.05) is 37.3 Å². The van der Waals surface area contributed by atoms with Crippen LogP contribution in [0.1, 0.15) is 12.5 Å². The normalized spacial score (nSPS) is 22.5. The number of nitrogens with one attached hydrogen (secondary N) is 1. The molecule has 1 fully saturated rings. The zero-order valence-electron chi connectivity index (χ0n) is 11.5. The molecule has 0 bridgehead atoms. The van der Waals surface area contributed by atoms with Crippen molar-refractivity contribution in [2.24, 2.45) is 0 Å². The van der Waals surface area contributed by atoms with Gasteiger partial charge in [-0.15, -0.1) is 0 Å². The summed E-state index contributed by atoms with van der Waals surface area (Å²) in [6.07, 6.45) is 3.67. The maximum absolute atomic E-state index is 11.7. The molecule has 1 unspecified atom stereocenters. The third-order valence-electron chi connectivity index (χ3n) is 3.26. The second kappa shape index (κ2) is 5.54. The Morgan fingerprint density at radius 2 is 2.29 bits per heavy atom. The summed E-state index contributed by atoms with van der Waals surface area (Å²) >= 11 is 6.26.